The van der Waals surface area contributed by atoms with Gasteiger partial charge in [0.15, 0.2) is 0 Å². The second-order valence-corrected chi connectivity index (χ2v) is 5.51. The van der Waals surface area contributed by atoms with Crippen molar-refractivity contribution in [2.24, 2.45) is 0 Å². The van der Waals surface area contributed by atoms with Crippen molar-refractivity contribution < 1.29 is 4.74 Å². The molecule has 2 rings (SSSR count). The van der Waals surface area contributed by atoms with Crippen LogP contribution in [-0.4, -0.2) is 33.3 Å². The first kappa shape index (κ1) is 14.2. The number of nitrogens with one attached hydrogen (secondary N) is 1. The summed E-state index contributed by atoms with van der Waals surface area (Å²) in [7, 11) is 3.89. The van der Waals surface area contributed by atoms with Gasteiger partial charge in [-0.25, -0.2) is 0 Å². The molecule has 1 saturated heterocycles. The summed E-state index contributed by atoms with van der Waals surface area (Å²) in [6, 6.07) is 7.10. The van der Waals surface area contributed by atoms with E-state index < -0.39 is 0 Å². The van der Waals surface area contributed by atoms with Crippen LogP contribution in [0.15, 0.2) is 18.2 Å². The molecule has 0 aromatic heterocycles. The van der Waals surface area contributed by atoms with Gasteiger partial charge in [-0.15, -0.1) is 0 Å². The summed E-state index contributed by atoms with van der Waals surface area (Å²) in [6.45, 7) is 4.39. The summed E-state index contributed by atoms with van der Waals surface area (Å²) in [4.78, 5) is 2.34. The molecule has 1 atom stereocenters. The summed E-state index contributed by atoms with van der Waals surface area (Å²) in [5.41, 5.74) is 2.47. The largest absolute Gasteiger partial charge is 0.496 e. The number of hydrogen-bond acceptors (Lipinski definition) is 3. The Hall–Kier alpha value is -1.22. The Balaban J connectivity index is 1.88. The van der Waals surface area contributed by atoms with Gasteiger partial charge in [-0.05, 0) is 56.5 Å². The quantitative estimate of drug-likeness (QED) is 0.883. The van der Waals surface area contributed by atoms with E-state index in [1.165, 1.54) is 43.5 Å². The van der Waals surface area contributed by atoms with Gasteiger partial charge >= 0.3 is 0 Å². The number of hydrogen-bond donors (Lipinski definition) is 1. The van der Waals surface area contributed by atoms with Gasteiger partial charge in [-0.3, -0.25) is 0 Å². The maximum Gasteiger partial charge on any atom is 0.121 e. The van der Waals surface area contributed by atoms with Gasteiger partial charge in [-0.1, -0.05) is 6.42 Å². The van der Waals surface area contributed by atoms with Crippen molar-refractivity contribution in [3.05, 3.63) is 23.8 Å². The average Bonchev–Trinajstić information content (AvgIpc) is 2.45. The molecule has 0 aliphatic carbocycles. The van der Waals surface area contributed by atoms with Crippen LogP contribution in [0.1, 0.15) is 31.2 Å². The van der Waals surface area contributed by atoms with Crippen LogP contribution in [0.5, 0.6) is 5.75 Å². The normalized spacial score (nSPS) is 19.2. The molecule has 3 heteroatoms. The van der Waals surface area contributed by atoms with E-state index in [0.717, 1.165) is 12.3 Å². The van der Waals surface area contributed by atoms with Crippen molar-refractivity contribution in [1.29, 1.82) is 0 Å². The smallest absolute Gasteiger partial charge is 0.121 e. The third kappa shape index (κ3) is 3.87. The van der Waals surface area contributed by atoms with Gasteiger partial charge in [0.25, 0.3) is 0 Å². The highest BCUT2D eigenvalue weighted by molar-refractivity contribution is 5.52. The number of anilines is 1. The zero-order valence-electron chi connectivity index (χ0n) is 12.4. The minimum Gasteiger partial charge on any atom is -0.496 e. The third-order valence-electron chi connectivity index (χ3n) is 4.04. The number of methoxy groups -OCH3 is 1. The molecule has 0 spiro atoms. The number of piperidine rings is 1. The van der Waals surface area contributed by atoms with Crippen molar-refractivity contribution >= 4 is 5.69 Å². The van der Waals surface area contributed by atoms with Crippen molar-refractivity contribution in [2.75, 3.05) is 32.1 Å². The van der Waals surface area contributed by atoms with Crippen molar-refractivity contribution in [3.8, 4) is 5.75 Å². The van der Waals surface area contributed by atoms with Gasteiger partial charge < -0.3 is 15.0 Å². The first-order valence-electron chi connectivity index (χ1n) is 7.30. The Morgan fingerprint density at radius 1 is 1.37 bits per heavy atom. The molecule has 3 nitrogen and oxygen atoms in total. The second-order valence-electron chi connectivity index (χ2n) is 5.51. The number of benzene rings is 1. The van der Waals surface area contributed by atoms with Gasteiger partial charge in [0.1, 0.15) is 5.75 Å². The van der Waals surface area contributed by atoms with Crippen LogP contribution in [0.2, 0.25) is 0 Å². The fourth-order valence-corrected chi connectivity index (χ4v) is 2.75. The summed E-state index contributed by atoms with van der Waals surface area (Å²) in [5.74, 6) is 0.964. The number of nitrogens with zero attached hydrogens (tertiary/aromatic N) is 1. The lowest BCUT2D eigenvalue weighted by Crippen LogP contribution is -2.36. The van der Waals surface area contributed by atoms with Crippen LogP contribution < -0.4 is 15.0 Å². The summed E-state index contributed by atoms with van der Waals surface area (Å²) in [6.07, 6.45) is 5.27. The Kier molecular flexibility index (Phi) is 5.08. The van der Waals surface area contributed by atoms with Crippen molar-refractivity contribution in [1.82, 2.24) is 5.32 Å². The Labute approximate surface area is 116 Å². The lowest BCUT2D eigenvalue weighted by molar-refractivity contribution is 0.384. The molecular weight excluding hydrogens is 236 g/mol. The predicted molar refractivity (Wildman–Crippen MR) is 81.3 cm³/mol. The first-order chi connectivity index (χ1) is 9.20. The van der Waals surface area contributed by atoms with Crippen LogP contribution in [0.25, 0.3) is 0 Å². The van der Waals surface area contributed by atoms with Crippen LogP contribution in [0.3, 0.4) is 0 Å². The Bertz CT molecular complexity index is 400. The molecular formula is C16H26N2O. The highest BCUT2D eigenvalue weighted by Crippen LogP contribution is 2.24. The molecule has 1 aromatic rings. The monoisotopic (exact) mass is 262 g/mol. The van der Waals surface area contributed by atoms with Crippen LogP contribution in [0.4, 0.5) is 5.69 Å². The molecule has 0 bridgehead atoms. The summed E-state index contributed by atoms with van der Waals surface area (Å²) < 4.78 is 5.31. The molecule has 0 radical (unpaired) electrons. The van der Waals surface area contributed by atoms with Crippen LogP contribution in [0, 0.1) is 6.92 Å². The van der Waals surface area contributed by atoms with E-state index >= 15 is 0 Å². The predicted octanol–water partition coefficient (Wildman–Crippen LogP) is 2.97. The first-order valence-corrected chi connectivity index (χ1v) is 7.30. The SMILES string of the molecule is COc1ccc(N(C)CCC2CCCCN2)cc1C. The van der Waals surface area contributed by atoms with Gasteiger partial charge in [0.2, 0.25) is 0 Å². The molecule has 1 N–H and O–H groups in total. The van der Waals surface area contributed by atoms with Gasteiger partial charge in [0.05, 0.1) is 7.11 Å². The molecule has 1 aromatic carbocycles. The third-order valence-corrected chi connectivity index (χ3v) is 4.04. The molecule has 1 unspecified atom stereocenters. The standard InChI is InChI=1S/C16H26N2O/c1-13-12-15(7-8-16(13)19-3)18(2)11-9-14-6-4-5-10-17-14/h7-8,12,14,17H,4-6,9-11H2,1-3H3. The maximum atomic E-state index is 5.31. The number of ether oxygens (including phenoxy) is 1. The lowest BCUT2D eigenvalue weighted by Gasteiger charge is -2.27. The van der Waals surface area contributed by atoms with E-state index in [9.17, 15) is 0 Å². The van der Waals surface area contributed by atoms with Crippen molar-refractivity contribution in [3.63, 3.8) is 0 Å². The molecule has 1 aliphatic rings. The topological polar surface area (TPSA) is 24.5 Å². The minimum absolute atomic E-state index is 0.704. The molecule has 0 saturated carbocycles. The Morgan fingerprint density at radius 2 is 2.21 bits per heavy atom. The van der Waals surface area contributed by atoms with Crippen molar-refractivity contribution in [2.45, 2.75) is 38.6 Å². The van der Waals surface area contributed by atoms with Crippen LogP contribution in [-0.2, 0) is 0 Å². The minimum atomic E-state index is 0.704. The highest BCUT2D eigenvalue weighted by Gasteiger charge is 2.13. The zero-order chi connectivity index (χ0) is 13.7. The van der Waals surface area contributed by atoms with Crippen LogP contribution >= 0.6 is 0 Å². The number of rotatable bonds is 5. The molecule has 0 amide bonds. The van der Waals surface area contributed by atoms with Gasteiger partial charge in [0, 0.05) is 25.3 Å². The second kappa shape index (κ2) is 6.80. The average molecular weight is 262 g/mol. The van der Waals surface area contributed by atoms with E-state index in [4.69, 9.17) is 4.74 Å². The summed E-state index contributed by atoms with van der Waals surface area (Å²) >= 11 is 0. The van der Waals surface area contributed by atoms with E-state index in [-0.39, 0.29) is 0 Å². The zero-order valence-corrected chi connectivity index (χ0v) is 12.4. The molecule has 1 fully saturated rings. The highest BCUT2D eigenvalue weighted by atomic mass is 16.5. The van der Waals surface area contributed by atoms with E-state index in [1.807, 2.05) is 0 Å². The fraction of sp³-hybridized carbons (Fsp3) is 0.625. The van der Waals surface area contributed by atoms with E-state index in [0.29, 0.717) is 6.04 Å². The Morgan fingerprint density at radius 3 is 2.84 bits per heavy atom. The molecule has 106 valence electrons. The van der Waals surface area contributed by atoms with E-state index in [1.54, 1.807) is 7.11 Å². The van der Waals surface area contributed by atoms with E-state index in [2.05, 4.69) is 42.4 Å². The molecule has 19 heavy (non-hydrogen) atoms. The fourth-order valence-electron chi connectivity index (χ4n) is 2.75. The summed E-state index contributed by atoms with van der Waals surface area (Å²) in [5, 5.41) is 3.61. The molecule has 1 heterocycles. The maximum absolute atomic E-state index is 5.31. The molecule has 1 aliphatic heterocycles. The van der Waals surface area contributed by atoms with Gasteiger partial charge in [-0.2, -0.15) is 0 Å². The number of aryl methyl sites for hydroxylation is 1. The lowest BCUT2D eigenvalue weighted by atomic mass is 10.0.